The van der Waals surface area contributed by atoms with E-state index in [1.807, 2.05) is 19.1 Å². The van der Waals surface area contributed by atoms with Crippen LogP contribution in [0.5, 0.6) is 11.5 Å². The number of aryl methyl sites for hydroxylation is 2. The Kier molecular flexibility index (Phi) is 6.07. The molecular formula is C19H24N2O3. The topological polar surface area (TPSA) is 59.6 Å². The minimum Gasteiger partial charge on any atom is -0.493 e. The minimum absolute atomic E-state index is 0.118. The van der Waals surface area contributed by atoms with Gasteiger partial charge in [0.25, 0.3) is 0 Å². The van der Waals surface area contributed by atoms with Gasteiger partial charge >= 0.3 is 0 Å². The Balaban J connectivity index is 2.02. The summed E-state index contributed by atoms with van der Waals surface area (Å²) in [7, 11) is 3.14. The van der Waals surface area contributed by atoms with Crippen LogP contribution in [-0.4, -0.2) is 26.7 Å². The summed E-state index contributed by atoms with van der Waals surface area (Å²) < 4.78 is 10.4. The van der Waals surface area contributed by atoms with Crippen molar-refractivity contribution in [2.45, 2.75) is 20.3 Å². The Labute approximate surface area is 143 Å². The Morgan fingerprint density at radius 1 is 1.08 bits per heavy atom. The molecule has 0 atom stereocenters. The van der Waals surface area contributed by atoms with E-state index in [0.29, 0.717) is 17.2 Å². The van der Waals surface area contributed by atoms with Gasteiger partial charge in [-0.25, -0.2) is 0 Å². The molecule has 0 saturated carbocycles. The van der Waals surface area contributed by atoms with Crippen molar-refractivity contribution in [2.75, 3.05) is 31.4 Å². The van der Waals surface area contributed by atoms with Gasteiger partial charge < -0.3 is 20.1 Å². The number of amides is 1. The monoisotopic (exact) mass is 328 g/mol. The number of anilines is 2. The highest BCUT2D eigenvalue weighted by Crippen LogP contribution is 2.29. The van der Waals surface area contributed by atoms with Crippen molar-refractivity contribution in [3.05, 3.63) is 47.5 Å². The molecule has 0 heterocycles. The number of benzene rings is 2. The number of nitrogens with one attached hydrogen (secondary N) is 2. The number of methoxy groups -OCH3 is 2. The van der Waals surface area contributed by atoms with Gasteiger partial charge in [0.15, 0.2) is 11.5 Å². The van der Waals surface area contributed by atoms with Gasteiger partial charge in [0.1, 0.15) is 0 Å². The van der Waals surface area contributed by atoms with Crippen LogP contribution in [0.15, 0.2) is 36.4 Å². The van der Waals surface area contributed by atoms with Crippen LogP contribution < -0.4 is 20.1 Å². The van der Waals surface area contributed by atoms with E-state index in [0.717, 1.165) is 17.7 Å². The van der Waals surface area contributed by atoms with E-state index < -0.39 is 0 Å². The lowest BCUT2D eigenvalue weighted by Gasteiger charge is -2.14. The molecule has 2 rings (SSSR count). The average molecular weight is 328 g/mol. The predicted molar refractivity (Wildman–Crippen MR) is 97.2 cm³/mol. The summed E-state index contributed by atoms with van der Waals surface area (Å²) >= 11 is 0. The first kappa shape index (κ1) is 17.7. The maximum Gasteiger partial charge on any atom is 0.243 e. The molecule has 0 bridgehead atoms. The molecule has 128 valence electrons. The number of hydrogen-bond acceptors (Lipinski definition) is 4. The SMILES string of the molecule is CCc1cccc(C)c1NCC(=O)Nc1ccc(OC)c(OC)c1. The smallest absolute Gasteiger partial charge is 0.243 e. The van der Waals surface area contributed by atoms with Crippen molar-refractivity contribution in [2.24, 2.45) is 0 Å². The molecule has 2 N–H and O–H groups in total. The van der Waals surface area contributed by atoms with Gasteiger partial charge in [-0.2, -0.15) is 0 Å². The number of carbonyl (C=O) groups is 1. The molecule has 0 fully saturated rings. The van der Waals surface area contributed by atoms with Gasteiger partial charge in [0.05, 0.1) is 20.8 Å². The lowest BCUT2D eigenvalue weighted by molar-refractivity contribution is -0.114. The molecule has 2 aromatic rings. The van der Waals surface area contributed by atoms with E-state index in [4.69, 9.17) is 9.47 Å². The normalized spacial score (nSPS) is 10.2. The molecule has 5 heteroatoms. The van der Waals surface area contributed by atoms with Crippen LogP contribution in [0.4, 0.5) is 11.4 Å². The van der Waals surface area contributed by atoms with Crippen LogP contribution in [0, 0.1) is 6.92 Å². The fraction of sp³-hybridized carbons (Fsp3) is 0.316. The summed E-state index contributed by atoms with van der Waals surface area (Å²) in [5.74, 6) is 1.09. The van der Waals surface area contributed by atoms with Crippen molar-refractivity contribution >= 4 is 17.3 Å². The lowest BCUT2D eigenvalue weighted by atomic mass is 10.1. The Morgan fingerprint density at radius 2 is 1.83 bits per heavy atom. The third-order valence-electron chi connectivity index (χ3n) is 3.83. The first-order chi connectivity index (χ1) is 11.6. The summed E-state index contributed by atoms with van der Waals surface area (Å²) in [4.78, 5) is 12.2. The molecule has 0 saturated heterocycles. The van der Waals surface area contributed by atoms with Gasteiger partial charge in [0, 0.05) is 17.4 Å². The summed E-state index contributed by atoms with van der Waals surface area (Å²) in [5.41, 5.74) is 4.03. The van der Waals surface area contributed by atoms with Crippen LogP contribution >= 0.6 is 0 Å². The number of rotatable bonds is 7. The minimum atomic E-state index is -0.118. The van der Waals surface area contributed by atoms with E-state index >= 15 is 0 Å². The summed E-state index contributed by atoms with van der Waals surface area (Å²) in [6.45, 7) is 4.34. The predicted octanol–water partition coefficient (Wildman–Crippen LogP) is 3.63. The molecule has 0 aliphatic heterocycles. The van der Waals surface area contributed by atoms with Gasteiger partial charge in [-0.05, 0) is 36.6 Å². The molecule has 0 aliphatic carbocycles. The molecule has 5 nitrogen and oxygen atoms in total. The van der Waals surface area contributed by atoms with Gasteiger partial charge in [0.2, 0.25) is 5.91 Å². The zero-order chi connectivity index (χ0) is 17.5. The fourth-order valence-corrected chi connectivity index (χ4v) is 2.56. The van der Waals surface area contributed by atoms with Crippen LogP contribution in [0.1, 0.15) is 18.1 Å². The largest absolute Gasteiger partial charge is 0.493 e. The third-order valence-corrected chi connectivity index (χ3v) is 3.83. The Bertz CT molecular complexity index is 714. The van der Waals surface area contributed by atoms with Crippen molar-refractivity contribution in [1.82, 2.24) is 0 Å². The molecule has 0 spiro atoms. The number of ether oxygens (including phenoxy) is 2. The van der Waals surface area contributed by atoms with Gasteiger partial charge in [-0.15, -0.1) is 0 Å². The molecule has 2 aromatic carbocycles. The summed E-state index contributed by atoms with van der Waals surface area (Å²) in [6, 6.07) is 11.4. The third kappa shape index (κ3) is 4.19. The molecule has 24 heavy (non-hydrogen) atoms. The highest BCUT2D eigenvalue weighted by atomic mass is 16.5. The second-order valence-electron chi connectivity index (χ2n) is 5.43. The van der Waals surface area contributed by atoms with Crippen LogP contribution in [-0.2, 0) is 11.2 Å². The van der Waals surface area contributed by atoms with Crippen LogP contribution in [0.2, 0.25) is 0 Å². The molecule has 0 aliphatic rings. The lowest BCUT2D eigenvalue weighted by Crippen LogP contribution is -2.22. The van der Waals surface area contributed by atoms with E-state index in [2.05, 4.69) is 23.6 Å². The van der Waals surface area contributed by atoms with E-state index in [-0.39, 0.29) is 12.5 Å². The molecule has 1 amide bonds. The number of carbonyl (C=O) groups excluding carboxylic acids is 1. The first-order valence-corrected chi connectivity index (χ1v) is 7.93. The fourth-order valence-electron chi connectivity index (χ4n) is 2.56. The second kappa shape index (κ2) is 8.24. The van der Waals surface area contributed by atoms with E-state index in [9.17, 15) is 4.79 Å². The van der Waals surface area contributed by atoms with Crippen molar-refractivity contribution in [3.8, 4) is 11.5 Å². The Morgan fingerprint density at radius 3 is 2.50 bits per heavy atom. The quantitative estimate of drug-likeness (QED) is 0.815. The highest BCUT2D eigenvalue weighted by molar-refractivity contribution is 5.94. The standard InChI is InChI=1S/C19H24N2O3/c1-5-14-8-6-7-13(2)19(14)20-12-18(22)21-15-9-10-16(23-3)17(11-15)24-4/h6-11,20H,5,12H2,1-4H3,(H,21,22). The van der Waals surface area contributed by atoms with Crippen molar-refractivity contribution in [1.29, 1.82) is 0 Å². The van der Waals surface area contributed by atoms with Gasteiger partial charge in [-0.3, -0.25) is 4.79 Å². The average Bonchev–Trinajstić information content (AvgIpc) is 2.60. The number of hydrogen-bond donors (Lipinski definition) is 2. The maximum absolute atomic E-state index is 12.2. The highest BCUT2D eigenvalue weighted by Gasteiger charge is 2.09. The molecule has 0 unspecified atom stereocenters. The zero-order valence-corrected chi connectivity index (χ0v) is 14.6. The molecular weight excluding hydrogens is 304 g/mol. The zero-order valence-electron chi connectivity index (χ0n) is 14.6. The van der Waals surface area contributed by atoms with Crippen LogP contribution in [0.25, 0.3) is 0 Å². The number of para-hydroxylation sites is 1. The second-order valence-corrected chi connectivity index (χ2v) is 5.43. The summed E-state index contributed by atoms with van der Waals surface area (Å²) in [5, 5.41) is 6.09. The van der Waals surface area contributed by atoms with Crippen molar-refractivity contribution < 1.29 is 14.3 Å². The van der Waals surface area contributed by atoms with Crippen LogP contribution in [0.3, 0.4) is 0 Å². The molecule has 0 aromatic heterocycles. The first-order valence-electron chi connectivity index (χ1n) is 7.93. The van der Waals surface area contributed by atoms with Gasteiger partial charge in [-0.1, -0.05) is 25.1 Å². The van der Waals surface area contributed by atoms with Crippen molar-refractivity contribution in [3.63, 3.8) is 0 Å². The van der Waals surface area contributed by atoms with E-state index in [1.54, 1.807) is 32.4 Å². The summed E-state index contributed by atoms with van der Waals surface area (Å²) in [6.07, 6.45) is 0.918. The Hall–Kier alpha value is -2.69. The molecule has 0 radical (unpaired) electrons. The maximum atomic E-state index is 12.2. The van der Waals surface area contributed by atoms with E-state index in [1.165, 1.54) is 5.56 Å².